The molecular formula is C27H25F3N6O3. The number of nitrogens with one attached hydrogen (secondary N) is 1. The Morgan fingerprint density at radius 1 is 1.33 bits per heavy atom. The number of hydrogen-bond donors (Lipinski definition) is 2. The van der Waals surface area contributed by atoms with Crippen LogP contribution in [0.1, 0.15) is 41.8 Å². The van der Waals surface area contributed by atoms with Gasteiger partial charge in [0.15, 0.2) is 0 Å². The Bertz CT molecular complexity index is 1400. The molecule has 2 atom stereocenters. The van der Waals surface area contributed by atoms with Crippen molar-refractivity contribution in [2.75, 3.05) is 23.3 Å². The molecule has 0 spiro atoms. The van der Waals surface area contributed by atoms with Gasteiger partial charge in [-0.25, -0.2) is 9.97 Å². The van der Waals surface area contributed by atoms with Gasteiger partial charge in [0.2, 0.25) is 11.8 Å². The average Bonchev–Trinajstić information content (AvgIpc) is 3.65. The number of amides is 2. The molecule has 9 nitrogen and oxygen atoms in total. The van der Waals surface area contributed by atoms with Gasteiger partial charge in [-0.2, -0.15) is 18.4 Å². The topological polar surface area (TPSA) is 122 Å². The van der Waals surface area contributed by atoms with Crippen LogP contribution >= 0.6 is 0 Å². The lowest BCUT2D eigenvalue weighted by molar-refractivity contribution is -0.137. The van der Waals surface area contributed by atoms with E-state index in [9.17, 15) is 33.1 Å². The van der Waals surface area contributed by atoms with Crippen molar-refractivity contribution < 1.29 is 27.9 Å². The molecule has 12 heteroatoms. The van der Waals surface area contributed by atoms with Crippen molar-refractivity contribution in [1.82, 2.24) is 14.9 Å². The first-order valence-electron chi connectivity index (χ1n) is 12.1. The minimum atomic E-state index is -4.79. The number of rotatable bonds is 6. The Kier molecular flexibility index (Phi) is 7.88. The fraction of sp³-hybridized carbons (Fsp3) is 0.370. The summed E-state index contributed by atoms with van der Waals surface area (Å²) in [6.07, 6.45) is -3.21. The summed E-state index contributed by atoms with van der Waals surface area (Å²) in [7, 11) is 0. The predicted molar refractivity (Wildman–Crippen MR) is 135 cm³/mol. The second kappa shape index (κ2) is 11.1. The normalized spacial score (nSPS) is 18.5. The highest BCUT2D eigenvalue weighted by molar-refractivity contribution is 5.98. The van der Waals surface area contributed by atoms with E-state index in [0.717, 1.165) is 25.0 Å². The number of aliphatic hydroxyl groups is 1. The van der Waals surface area contributed by atoms with Gasteiger partial charge in [-0.05, 0) is 50.0 Å². The molecule has 2 amide bonds. The summed E-state index contributed by atoms with van der Waals surface area (Å²) >= 11 is 0. The zero-order valence-corrected chi connectivity index (χ0v) is 21.0. The van der Waals surface area contributed by atoms with E-state index in [2.05, 4.69) is 33.7 Å². The molecule has 1 saturated carbocycles. The van der Waals surface area contributed by atoms with E-state index in [-0.39, 0.29) is 42.9 Å². The monoisotopic (exact) mass is 538 g/mol. The van der Waals surface area contributed by atoms with E-state index in [1.165, 1.54) is 11.8 Å². The highest BCUT2D eigenvalue weighted by Crippen LogP contribution is 2.38. The van der Waals surface area contributed by atoms with Crippen LogP contribution in [0.5, 0.6) is 0 Å². The molecule has 2 aromatic heterocycles. The van der Waals surface area contributed by atoms with Crippen molar-refractivity contribution in [3.8, 4) is 17.9 Å². The van der Waals surface area contributed by atoms with Gasteiger partial charge in [-0.15, -0.1) is 0 Å². The Hall–Kier alpha value is -4.42. The summed E-state index contributed by atoms with van der Waals surface area (Å²) in [5.41, 5.74) is -1.43. The molecule has 1 aliphatic heterocycles. The van der Waals surface area contributed by atoms with Gasteiger partial charge in [0, 0.05) is 24.7 Å². The second-order valence-corrected chi connectivity index (χ2v) is 9.28. The van der Waals surface area contributed by atoms with Crippen LogP contribution in [-0.2, 0) is 15.8 Å². The van der Waals surface area contributed by atoms with Gasteiger partial charge in [0.1, 0.15) is 35.0 Å². The molecule has 202 valence electrons. The van der Waals surface area contributed by atoms with Crippen molar-refractivity contribution in [3.05, 3.63) is 59.4 Å². The molecule has 0 unspecified atom stereocenters. The van der Waals surface area contributed by atoms with Gasteiger partial charge < -0.3 is 20.2 Å². The number of aromatic nitrogens is 2. The third kappa shape index (κ3) is 6.36. The average molecular weight is 539 g/mol. The van der Waals surface area contributed by atoms with Gasteiger partial charge in [0.25, 0.3) is 0 Å². The number of aliphatic hydroxyl groups excluding tert-OH is 1. The van der Waals surface area contributed by atoms with E-state index in [4.69, 9.17) is 0 Å². The van der Waals surface area contributed by atoms with Crippen LogP contribution in [0.4, 0.5) is 24.8 Å². The molecule has 2 N–H and O–H groups in total. The van der Waals surface area contributed by atoms with Crippen molar-refractivity contribution in [2.45, 2.75) is 50.6 Å². The maximum atomic E-state index is 13.7. The Balaban J connectivity index is 1.59. The molecule has 0 radical (unpaired) electrons. The highest BCUT2D eigenvalue weighted by Gasteiger charge is 2.45. The number of aryl methyl sites for hydroxylation is 1. The van der Waals surface area contributed by atoms with E-state index < -0.39 is 41.3 Å². The van der Waals surface area contributed by atoms with Gasteiger partial charge in [-0.3, -0.25) is 9.59 Å². The number of nitriles is 1. The van der Waals surface area contributed by atoms with Crippen LogP contribution < -0.4 is 10.2 Å². The Morgan fingerprint density at radius 2 is 2.08 bits per heavy atom. The number of hydrogen-bond acceptors (Lipinski definition) is 7. The minimum absolute atomic E-state index is 0.0228. The van der Waals surface area contributed by atoms with Crippen LogP contribution in [0.3, 0.4) is 0 Å². The zero-order chi connectivity index (χ0) is 28.3. The van der Waals surface area contributed by atoms with Crippen molar-refractivity contribution in [3.63, 3.8) is 0 Å². The lowest BCUT2D eigenvalue weighted by Gasteiger charge is -2.31. The van der Waals surface area contributed by atoms with Crippen LogP contribution in [0.15, 0.2) is 36.9 Å². The molecule has 2 aliphatic rings. The fourth-order valence-electron chi connectivity index (χ4n) is 4.41. The summed E-state index contributed by atoms with van der Waals surface area (Å²) in [5.74, 6) is 4.95. The SMILES string of the molecule is C=CC(=O)Nc1cccc(C#CCN(C(=O)[C@@H]2C[C@H](O)CN2c2nc(C)cc(C(F)(F)F)c2C#N)C2CC2)n1. The number of anilines is 2. The summed E-state index contributed by atoms with van der Waals surface area (Å²) in [6.45, 7) is 4.64. The van der Waals surface area contributed by atoms with E-state index >= 15 is 0 Å². The smallest absolute Gasteiger partial charge is 0.391 e. The molecule has 2 fully saturated rings. The Morgan fingerprint density at radius 3 is 2.72 bits per heavy atom. The molecule has 2 aromatic rings. The van der Waals surface area contributed by atoms with Gasteiger partial charge in [0.05, 0.1) is 18.2 Å². The lowest BCUT2D eigenvalue weighted by atomic mass is 10.1. The third-order valence-corrected chi connectivity index (χ3v) is 6.30. The van der Waals surface area contributed by atoms with Gasteiger partial charge >= 0.3 is 6.18 Å². The first-order chi connectivity index (χ1) is 18.5. The number of alkyl halides is 3. The largest absolute Gasteiger partial charge is 0.417 e. The zero-order valence-electron chi connectivity index (χ0n) is 21.0. The second-order valence-electron chi connectivity index (χ2n) is 9.28. The lowest BCUT2D eigenvalue weighted by Crippen LogP contribution is -2.47. The van der Waals surface area contributed by atoms with Crippen LogP contribution in [-0.4, -0.2) is 63.1 Å². The molecular weight excluding hydrogens is 513 g/mol. The number of carbonyl (C=O) groups excluding carboxylic acids is 2. The summed E-state index contributed by atoms with van der Waals surface area (Å²) in [4.78, 5) is 36.4. The standard InChI is InChI=1S/C27H25F3N6O3/c1-3-24(38)34-23-8-4-6-17(33-23)7-5-11-35(18-9-10-18)26(39)22-13-19(37)15-36(22)25-20(14-31)21(27(28,29)30)12-16(2)32-25/h3-4,6,8,12,18-19,22,37H,1,9-11,13,15H2,2H3,(H,33,34,38)/t19-,22-/m0/s1. The van der Waals surface area contributed by atoms with E-state index in [1.54, 1.807) is 29.2 Å². The van der Waals surface area contributed by atoms with Crippen molar-refractivity contribution in [1.29, 1.82) is 5.26 Å². The van der Waals surface area contributed by atoms with E-state index in [1.807, 2.05) is 0 Å². The first-order valence-corrected chi connectivity index (χ1v) is 12.1. The van der Waals surface area contributed by atoms with E-state index in [0.29, 0.717) is 5.69 Å². The maximum Gasteiger partial charge on any atom is 0.417 e. The molecule has 0 aromatic carbocycles. The van der Waals surface area contributed by atoms with Crippen LogP contribution in [0.25, 0.3) is 0 Å². The maximum absolute atomic E-state index is 13.7. The number of β-amino-alcohol motifs (C(OH)–C–C–N with tert-alkyl or cyclic N) is 1. The molecule has 1 aliphatic carbocycles. The van der Waals surface area contributed by atoms with Gasteiger partial charge in [-0.1, -0.05) is 18.6 Å². The fourth-order valence-corrected chi connectivity index (χ4v) is 4.41. The molecule has 4 rings (SSSR count). The number of halogens is 3. The van der Waals surface area contributed by atoms with Crippen molar-refractivity contribution in [2.24, 2.45) is 0 Å². The first kappa shape index (κ1) is 27.6. The summed E-state index contributed by atoms with van der Waals surface area (Å²) < 4.78 is 41.0. The number of pyridine rings is 2. The Labute approximate surface area is 223 Å². The van der Waals surface area contributed by atoms with Crippen LogP contribution in [0, 0.1) is 30.1 Å². The predicted octanol–water partition coefficient (Wildman–Crippen LogP) is 2.78. The van der Waals surface area contributed by atoms with Crippen LogP contribution in [0.2, 0.25) is 0 Å². The summed E-state index contributed by atoms with van der Waals surface area (Å²) in [5, 5.41) is 22.5. The summed E-state index contributed by atoms with van der Waals surface area (Å²) in [6, 6.07) is 6.17. The quantitative estimate of drug-likeness (QED) is 0.428. The molecule has 1 saturated heterocycles. The van der Waals surface area contributed by atoms with Crippen molar-refractivity contribution >= 4 is 23.5 Å². The minimum Gasteiger partial charge on any atom is -0.391 e. The third-order valence-electron chi connectivity index (χ3n) is 6.30. The molecule has 39 heavy (non-hydrogen) atoms. The molecule has 3 heterocycles. The highest BCUT2D eigenvalue weighted by atomic mass is 19.4. The number of nitrogens with zero attached hydrogens (tertiary/aromatic N) is 5. The number of carbonyl (C=O) groups is 2. The molecule has 0 bridgehead atoms.